The number of aliphatic imine (C=N–C) groups is 1. The summed E-state index contributed by atoms with van der Waals surface area (Å²) in [5, 5.41) is 6.66. The fraction of sp³-hybridized carbons (Fsp3) is 0.895. The van der Waals surface area contributed by atoms with Crippen LogP contribution in [0.15, 0.2) is 4.99 Å². The number of unbranched alkanes of at least 4 members (excludes halogenated alkanes) is 1. The summed E-state index contributed by atoms with van der Waals surface area (Å²) in [6, 6.07) is 0. The summed E-state index contributed by atoms with van der Waals surface area (Å²) in [4.78, 5) is 20.2. The fourth-order valence-corrected chi connectivity index (χ4v) is 2.55. The second-order valence-electron chi connectivity index (χ2n) is 7.24. The molecule has 2 N–H and O–H groups in total. The monoisotopic (exact) mass is 385 g/mol. The Labute approximate surface area is 164 Å². The number of nitrogens with one attached hydrogen (secondary N) is 2. The zero-order valence-corrected chi connectivity index (χ0v) is 17.6. The van der Waals surface area contributed by atoms with Crippen LogP contribution in [0, 0.1) is 0 Å². The van der Waals surface area contributed by atoms with Crippen molar-refractivity contribution in [1.82, 2.24) is 20.4 Å². The second kappa shape index (κ2) is 14.6. The van der Waals surface area contributed by atoms with E-state index in [0.717, 1.165) is 71.8 Å². The molecular weight excluding hydrogens is 346 g/mol. The smallest absolute Gasteiger partial charge is 0.243 e. The molecule has 0 radical (unpaired) electrons. The van der Waals surface area contributed by atoms with Gasteiger partial charge in [0.15, 0.2) is 5.96 Å². The molecule has 0 saturated carbocycles. The van der Waals surface area contributed by atoms with Gasteiger partial charge in [0.25, 0.3) is 0 Å². The summed E-state index contributed by atoms with van der Waals surface area (Å²) in [5.74, 6) is 0.701. The number of amides is 1. The maximum atomic E-state index is 11.8. The molecule has 1 rings (SSSR count). The van der Waals surface area contributed by atoms with Crippen LogP contribution in [0.2, 0.25) is 0 Å². The maximum absolute atomic E-state index is 11.8. The van der Waals surface area contributed by atoms with Gasteiger partial charge in [-0.2, -0.15) is 0 Å². The maximum Gasteiger partial charge on any atom is 0.243 e. The number of carbonyl (C=O) groups excluding carboxylic acids is 1. The van der Waals surface area contributed by atoms with Crippen LogP contribution in [0.4, 0.5) is 0 Å². The standard InChI is InChI=1S/C19H39N5O3/c1-17(2)27-13-6-5-8-20-19(22-16-18(25)23(3)4)21-9-7-10-24-11-14-26-15-12-24/h17H,5-16H2,1-4H3,(H2,20,21,22). The van der Waals surface area contributed by atoms with Crippen LogP contribution >= 0.6 is 0 Å². The molecule has 0 aromatic rings. The minimum absolute atomic E-state index is 0.00486. The molecule has 1 amide bonds. The van der Waals surface area contributed by atoms with Crippen LogP contribution in [-0.2, 0) is 14.3 Å². The third-order valence-corrected chi connectivity index (χ3v) is 4.23. The van der Waals surface area contributed by atoms with Gasteiger partial charge in [0.2, 0.25) is 5.91 Å². The molecule has 0 aromatic carbocycles. The number of rotatable bonds is 12. The largest absolute Gasteiger partial charge is 0.379 e. The third-order valence-electron chi connectivity index (χ3n) is 4.23. The van der Waals surface area contributed by atoms with Gasteiger partial charge in [0.1, 0.15) is 6.54 Å². The Kier molecular flexibility index (Phi) is 12.8. The molecule has 1 aliphatic rings. The van der Waals surface area contributed by atoms with E-state index in [-0.39, 0.29) is 18.6 Å². The number of carbonyl (C=O) groups is 1. The fourth-order valence-electron chi connectivity index (χ4n) is 2.55. The van der Waals surface area contributed by atoms with Crippen LogP contribution in [0.3, 0.4) is 0 Å². The Balaban J connectivity index is 2.28. The summed E-state index contributed by atoms with van der Waals surface area (Å²) in [7, 11) is 3.49. The van der Waals surface area contributed by atoms with Crippen LogP contribution in [-0.4, -0.2) is 101 Å². The van der Waals surface area contributed by atoms with Gasteiger partial charge < -0.3 is 25.0 Å². The van der Waals surface area contributed by atoms with Gasteiger partial charge in [-0.3, -0.25) is 9.69 Å². The van der Waals surface area contributed by atoms with Crippen molar-refractivity contribution in [3.63, 3.8) is 0 Å². The Morgan fingerprint density at radius 2 is 1.81 bits per heavy atom. The number of guanidine groups is 1. The SMILES string of the molecule is CC(C)OCCCCNC(=NCC(=O)N(C)C)NCCCN1CCOCC1. The molecule has 8 nitrogen and oxygen atoms in total. The van der Waals surface area contributed by atoms with E-state index in [1.54, 1.807) is 19.0 Å². The minimum Gasteiger partial charge on any atom is -0.379 e. The van der Waals surface area contributed by atoms with Crippen LogP contribution < -0.4 is 10.6 Å². The van der Waals surface area contributed by atoms with E-state index in [9.17, 15) is 4.79 Å². The molecule has 0 atom stereocenters. The average Bonchev–Trinajstić information content (AvgIpc) is 2.65. The van der Waals surface area contributed by atoms with Crippen molar-refractivity contribution in [3.05, 3.63) is 0 Å². The zero-order chi connectivity index (χ0) is 19.9. The average molecular weight is 386 g/mol. The van der Waals surface area contributed by atoms with Crippen molar-refractivity contribution in [3.8, 4) is 0 Å². The summed E-state index contributed by atoms with van der Waals surface area (Å²) in [6.07, 6.45) is 3.32. The van der Waals surface area contributed by atoms with Gasteiger partial charge in [-0.15, -0.1) is 0 Å². The summed E-state index contributed by atoms with van der Waals surface area (Å²) >= 11 is 0. The zero-order valence-electron chi connectivity index (χ0n) is 17.6. The third kappa shape index (κ3) is 12.6. The summed E-state index contributed by atoms with van der Waals surface area (Å²) in [6.45, 7) is 11.4. The molecule has 0 aliphatic carbocycles. The van der Waals surface area contributed by atoms with E-state index in [1.165, 1.54) is 0 Å². The Bertz CT molecular complexity index is 424. The van der Waals surface area contributed by atoms with Gasteiger partial charge in [0, 0.05) is 46.9 Å². The number of likely N-dealkylation sites (N-methyl/N-ethyl adjacent to an activating group) is 1. The lowest BCUT2D eigenvalue weighted by atomic mass is 10.3. The molecular formula is C19H39N5O3. The summed E-state index contributed by atoms with van der Waals surface area (Å²) < 4.78 is 10.9. The van der Waals surface area contributed by atoms with Crippen molar-refractivity contribution in [2.45, 2.75) is 39.2 Å². The van der Waals surface area contributed by atoms with Gasteiger partial charge in [-0.05, 0) is 39.7 Å². The van der Waals surface area contributed by atoms with Gasteiger partial charge in [0.05, 0.1) is 19.3 Å². The molecule has 0 unspecified atom stereocenters. The van der Waals surface area contributed by atoms with Crippen molar-refractivity contribution < 1.29 is 14.3 Å². The first-order chi connectivity index (χ1) is 13.0. The lowest BCUT2D eigenvalue weighted by molar-refractivity contribution is -0.127. The molecule has 27 heavy (non-hydrogen) atoms. The van der Waals surface area contributed by atoms with E-state index in [2.05, 4.69) is 20.5 Å². The molecule has 8 heteroatoms. The second-order valence-corrected chi connectivity index (χ2v) is 7.24. The van der Waals surface area contributed by atoms with Crippen molar-refractivity contribution in [2.24, 2.45) is 4.99 Å². The molecule has 1 heterocycles. The number of hydrogen-bond acceptors (Lipinski definition) is 5. The van der Waals surface area contributed by atoms with Crippen molar-refractivity contribution in [2.75, 3.05) is 73.2 Å². The summed E-state index contributed by atoms with van der Waals surface area (Å²) in [5.41, 5.74) is 0. The quantitative estimate of drug-likeness (QED) is 0.290. The van der Waals surface area contributed by atoms with Crippen LogP contribution in [0.1, 0.15) is 33.1 Å². The molecule has 0 bridgehead atoms. The minimum atomic E-state index is -0.00486. The molecule has 1 fully saturated rings. The van der Waals surface area contributed by atoms with Gasteiger partial charge in [-0.25, -0.2) is 4.99 Å². The van der Waals surface area contributed by atoms with E-state index >= 15 is 0 Å². The first-order valence-corrected chi connectivity index (χ1v) is 10.1. The molecule has 0 spiro atoms. The van der Waals surface area contributed by atoms with E-state index in [1.807, 2.05) is 13.8 Å². The van der Waals surface area contributed by atoms with Crippen LogP contribution in [0.25, 0.3) is 0 Å². The Morgan fingerprint density at radius 3 is 2.44 bits per heavy atom. The first kappa shape index (κ1) is 23.7. The predicted octanol–water partition coefficient (Wildman–Crippen LogP) is 0.537. The number of ether oxygens (including phenoxy) is 2. The lowest BCUT2D eigenvalue weighted by Gasteiger charge is -2.26. The number of nitrogens with zero attached hydrogens (tertiary/aromatic N) is 3. The van der Waals surface area contributed by atoms with Crippen molar-refractivity contribution >= 4 is 11.9 Å². The molecule has 1 saturated heterocycles. The van der Waals surface area contributed by atoms with Crippen molar-refractivity contribution in [1.29, 1.82) is 0 Å². The topological polar surface area (TPSA) is 78.4 Å². The lowest BCUT2D eigenvalue weighted by Crippen LogP contribution is -2.41. The predicted molar refractivity (Wildman–Crippen MR) is 109 cm³/mol. The number of hydrogen-bond donors (Lipinski definition) is 2. The highest BCUT2D eigenvalue weighted by atomic mass is 16.5. The highest BCUT2D eigenvalue weighted by Crippen LogP contribution is 1.97. The molecule has 1 aliphatic heterocycles. The Hall–Kier alpha value is -1.38. The molecule has 158 valence electrons. The van der Waals surface area contributed by atoms with E-state index in [0.29, 0.717) is 5.96 Å². The highest BCUT2D eigenvalue weighted by Gasteiger charge is 2.09. The van der Waals surface area contributed by atoms with Crippen LogP contribution in [0.5, 0.6) is 0 Å². The van der Waals surface area contributed by atoms with E-state index < -0.39 is 0 Å². The highest BCUT2D eigenvalue weighted by molar-refractivity contribution is 5.84. The first-order valence-electron chi connectivity index (χ1n) is 10.1. The normalized spacial score (nSPS) is 15.8. The van der Waals surface area contributed by atoms with Gasteiger partial charge >= 0.3 is 0 Å². The Morgan fingerprint density at radius 1 is 1.15 bits per heavy atom. The molecule has 0 aromatic heterocycles. The number of morpholine rings is 1. The van der Waals surface area contributed by atoms with E-state index in [4.69, 9.17) is 9.47 Å². The van der Waals surface area contributed by atoms with Gasteiger partial charge in [-0.1, -0.05) is 0 Å².